The van der Waals surface area contributed by atoms with Gasteiger partial charge in [-0.05, 0) is 44.0 Å². The zero-order chi connectivity index (χ0) is 13.7. The molecule has 1 rings (SSSR count). The number of hydrogen-bond acceptors (Lipinski definition) is 3. The highest BCUT2D eigenvalue weighted by Crippen LogP contribution is 2.13. The number of urea groups is 1. The second-order valence-corrected chi connectivity index (χ2v) is 4.22. The third-order valence-corrected chi connectivity index (χ3v) is 2.38. The fraction of sp³-hybridized carbons (Fsp3) is 0.385. The summed E-state index contributed by atoms with van der Waals surface area (Å²) in [5, 5.41) is 5.17. The normalized spacial score (nSPS) is 11.6. The molecular formula is C13H18N2O3. The van der Waals surface area contributed by atoms with Crippen LogP contribution in [0, 0.1) is 13.8 Å². The molecule has 5 nitrogen and oxygen atoms in total. The van der Waals surface area contributed by atoms with Crippen LogP contribution >= 0.6 is 0 Å². The van der Waals surface area contributed by atoms with Crippen LogP contribution in [0.15, 0.2) is 18.2 Å². The molecule has 2 N–H and O–H groups in total. The molecule has 0 fully saturated rings. The Morgan fingerprint density at radius 2 is 1.72 bits per heavy atom. The van der Waals surface area contributed by atoms with E-state index in [9.17, 15) is 9.59 Å². The SMILES string of the molecule is COC(=O)C(C)NC(=O)Nc1cc(C)cc(C)c1. The van der Waals surface area contributed by atoms with E-state index in [1.54, 1.807) is 6.92 Å². The number of carbonyl (C=O) groups is 2. The average molecular weight is 250 g/mol. The predicted octanol–water partition coefficient (Wildman–Crippen LogP) is 1.99. The number of esters is 1. The predicted molar refractivity (Wildman–Crippen MR) is 69.5 cm³/mol. The molecule has 0 aromatic heterocycles. The standard InChI is InChI=1S/C13H18N2O3/c1-8-5-9(2)7-11(6-8)15-13(17)14-10(3)12(16)18-4/h5-7,10H,1-4H3,(H2,14,15,17). The monoisotopic (exact) mass is 250 g/mol. The Hall–Kier alpha value is -2.04. The summed E-state index contributed by atoms with van der Waals surface area (Å²) in [6.07, 6.45) is 0. The van der Waals surface area contributed by atoms with Crippen LogP contribution in [0.5, 0.6) is 0 Å². The summed E-state index contributed by atoms with van der Waals surface area (Å²) >= 11 is 0. The van der Waals surface area contributed by atoms with Gasteiger partial charge in [0, 0.05) is 5.69 Å². The maximum absolute atomic E-state index is 11.6. The Morgan fingerprint density at radius 3 is 2.22 bits per heavy atom. The van der Waals surface area contributed by atoms with E-state index >= 15 is 0 Å². The van der Waals surface area contributed by atoms with E-state index in [1.165, 1.54) is 7.11 Å². The summed E-state index contributed by atoms with van der Waals surface area (Å²) in [6.45, 7) is 5.47. The molecule has 0 saturated carbocycles. The molecule has 0 spiro atoms. The third kappa shape index (κ3) is 4.08. The number of carbonyl (C=O) groups excluding carboxylic acids is 2. The van der Waals surface area contributed by atoms with Crippen LogP contribution in [-0.4, -0.2) is 25.2 Å². The van der Waals surface area contributed by atoms with Crippen LogP contribution in [0.2, 0.25) is 0 Å². The lowest BCUT2D eigenvalue weighted by Gasteiger charge is -2.13. The van der Waals surface area contributed by atoms with Gasteiger partial charge in [-0.25, -0.2) is 9.59 Å². The molecule has 0 aliphatic heterocycles. The van der Waals surface area contributed by atoms with Crippen molar-refractivity contribution >= 4 is 17.7 Å². The number of amides is 2. The number of methoxy groups -OCH3 is 1. The molecular weight excluding hydrogens is 232 g/mol. The van der Waals surface area contributed by atoms with Crippen LogP contribution in [0.1, 0.15) is 18.1 Å². The van der Waals surface area contributed by atoms with Crippen molar-refractivity contribution in [3.8, 4) is 0 Å². The number of ether oxygens (including phenoxy) is 1. The van der Waals surface area contributed by atoms with E-state index in [1.807, 2.05) is 32.0 Å². The zero-order valence-corrected chi connectivity index (χ0v) is 11.0. The first kappa shape index (κ1) is 14.0. The number of benzene rings is 1. The summed E-state index contributed by atoms with van der Waals surface area (Å²) in [5.74, 6) is -0.481. The van der Waals surface area contributed by atoms with Gasteiger partial charge in [-0.15, -0.1) is 0 Å². The zero-order valence-electron chi connectivity index (χ0n) is 11.0. The second kappa shape index (κ2) is 6.05. The van der Waals surface area contributed by atoms with Crippen molar-refractivity contribution in [3.05, 3.63) is 29.3 Å². The molecule has 1 aromatic rings. The molecule has 0 aliphatic carbocycles. The van der Waals surface area contributed by atoms with Gasteiger partial charge in [0.25, 0.3) is 0 Å². The fourth-order valence-electron chi connectivity index (χ4n) is 1.65. The summed E-state index contributed by atoms with van der Waals surface area (Å²) in [5.41, 5.74) is 2.82. The summed E-state index contributed by atoms with van der Waals surface area (Å²) in [6, 6.07) is 4.61. The molecule has 0 radical (unpaired) electrons. The Bertz CT molecular complexity index is 437. The second-order valence-electron chi connectivity index (χ2n) is 4.22. The molecule has 1 unspecified atom stereocenters. The molecule has 1 aromatic carbocycles. The number of aryl methyl sites for hydroxylation is 2. The number of anilines is 1. The van der Waals surface area contributed by atoms with Gasteiger partial charge in [0.15, 0.2) is 0 Å². The van der Waals surface area contributed by atoms with Gasteiger partial charge in [-0.1, -0.05) is 6.07 Å². The minimum Gasteiger partial charge on any atom is -0.467 e. The van der Waals surface area contributed by atoms with E-state index < -0.39 is 18.0 Å². The Morgan fingerprint density at radius 1 is 1.17 bits per heavy atom. The highest BCUT2D eigenvalue weighted by Gasteiger charge is 2.15. The highest BCUT2D eigenvalue weighted by atomic mass is 16.5. The smallest absolute Gasteiger partial charge is 0.328 e. The first-order valence-electron chi connectivity index (χ1n) is 5.66. The lowest BCUT2D eigenvalue weighted by molar-refractivity contribution is -0.142. The Kier molecular flexibility index (Phi) is 4.71. The molecule has 0 heterocycles. The van der Waals surface area contributed by atoms with E-state index in [-0.39, 0.29) is 0 Å². The van der Waals surface area contributed by atoms with Crippen LogP contribution in [0.3, 0.4) is 0 Å². The minimum absolute atomic E-state index is 0.432. The van der Waals surface area contributed by atoms with Gasteiger partial charge in [0.1, 0.15) is 6.04 Å². The van der Waals surface area contributed by atoms with Crippen molar-refractivity contribution < 1.29 is 14.3 Å². The van der Waals surface area contributed by atoms with Gasteiger partial charge in [-0.3, -0.25) is 0 Å². The third-order valence-electron chi connectivity index (χ3n) is 2.38. The van der Waals surface area contributed by atoms with E-state index in [0.29, 0.717) is 5.69 Å². The van der Waals surface area contributed by atoms with Crippen LogP contribution < -0.4 is 10.6 Å². The minimum atomic E-state index is -0.680. The van der Waals surface area contributed by atoms with Gasteiger partial charge < -0.3 is 15.4 Å². The van der Waals surface area contributed by atoms with Crippen LogP contribution in [0.4, 0.5) is 10.5 Å². The highest BCUT2D eigenvalue weighted by molar-refractivity contribution is 5.92. The molecule has 1 atom stereocenters. The molecule has 0 saturated heterocycles. The van der Waals surface area contributed by atoms with E-state index in [0.717, 1.165) is 11.1 Å². The number of rotatable bonds is 3. The molecule has 5 heteroatoms. The number of nitrogens with one attached hydrogen (secondary N) is 2. The molecule has 2 amide bonds. The van der Waals surface area contributed by atoms with E-state index in [4.69, 9.17) is 0 Å². The maximum Gasteiger partial charge on any atom is 0.328 e. The lowest BCUT2D eigenvalue weighted by atomic mass is 10.1. The summed E-state index contributed by atoms with van der Waals surface area (Å²) in [4.78, 5) is 22.8. The van der Waals surface area contributed by atoms with Crippen molar-refractivity contribution in [1.82, 2.24) is 5.32 Å². The molecule has 0 bridgehead atoms. The molecule has 0 aliphatic rings. The maximum atomic E-state index is 11.6. The Labute approximate surface area is 107 Å². The first-order valence-corrected chi connectivity index (χ1v) is 5.66. The van der Waals surface area contributed by atoms with Crippen LogP contribution in [-0.2, 0) is 9.53 Å². The first-order chi connectivity index (χ1) is 8.42. The molecule has 98 valence electrons. The van der Waals surface area contributed by atoms with E-state index in [2.05, 4.69) is 15.4 Å². The Balaban J connectivity index is 2.62. The topological polar surface area (TPSA) is 67.4 Å². The van der Waals surface area contributed by atoms with Gasteiger partial charge >= 0.3 is 12.0 Å². The summed E-state index contributed by atoms with van der Waals surface area (Å²) in [7, 11) is 1.28. The van der Waals surface area contributed by atoms with Crippen molar-refractivity contribution in [2.45, 2.75) is 26.8 Å². The average Bonchev–Trinajstić information content (AvgIpc) is 2.25. The van der Waals surface area contributed by atoms with Crippen LogP contribution in [0.25, 0.3) is 0 Å². The quantitative estimate of drug-likeness (QED) is 0.806. The van der Waals surface area contributed by atoms with Crippen molar-refractivity contribution in [1.29, 1.82) is 0 Å². The van der Waals surface area contributed by atoms with Gasteiger partial charge in [-0.2, -0.15) is 0 Å². The molecule has 18 heavy (non-hydrogen) atoms. The van der Waals surface area contributed by atoms with Crippen molar-refractivity contribution in [2.24, 2.45) is 0 Å². The summed E-state index contributed by atoms with van der Waals surface area (Å²) < 4.78 is 4.52. The largest absolute Gasteiger partial charge is 0.467 e. The van der Waals surface area contributed by atoms with Crippen molar-refractivity contribution in [3.63, 3.8) is 0 Å². The van der Waals surface area contributed by atoms with Crippen molar-refractivity contribution in [2.75, 3.05) is 12.4 Å². The lowest BCUT2D eigenvalue weighted by Crippen LogP contribution is -2.41. The number of hydrogen-bond donors (Lipinski definition) is 2. The fourth-order valence-corrected chi connectivity index (χ4v) is 1.65. The van der Waals surface area contributed by atoms with Gasteiger partial charge in [0.05, 0.1) is 7.11 Å². The van der Waals surface area contributed by atoms with Gasteiger partial charge in [0.2, 0.25) is 0 Å².